The van der Waals surface area contributed by atoms with Gasteiger partial charge in [0.25, 0.3) is 20.0 Å². The Hall–Kier alpha value is -4.28. The number of sulfonamides is 2. The molecule has 0 aliphatic carbocycles. The molecule has 0 aliphatic rings. The Bertz CT molecular complexity index is 1980. The topological polar surface area (TPSA) is 193 Å². The molecule has 1 unspecified atom stereocenters. The summed E-state index contributed by atoms with van der Waals surface area (Å²) in [6, 6.07) is 6.27. The number of carboxylic acid groups (broad SMARTS) is 2. The molecule has 1 atom stereocenters. The van der Waals surface area contributed by atoms with Gasteiger partial charge in [0.1, 0.15) is 0 Å². The third-order valence-corrected chi connectivity index (χ3v) is 10.7. The normalized spacial score (nSPS) is 12.8. The maximum absolute atomic E-state index is 12.6. The van der Waals surface area contributed by atoms with Crippen molar-refractivity contribution in [2.75, 3.05) is 9.44 Å². The lowest BCUT2D eigenvalue weighted by molar-refractivity contribution is -0.139. The van der Waals surface area contributed by atoms with Crippen LogP contribution in [-0.2, 0) is 48.4 Å². The van der Waals surface area contributed by atoms with Crippen LogP contribution in [0, 0.1) is 0 Å². The molecule has 0 fully saturated rings. The van der Waals surface area contributed by atoms with Gasteiger partial charge in [0.15, 0.2) is 10.3 Å². The Labute approximate surface area is 276 Å². The molecule has 48 heavy (non-hydrogen) atoms. The molecule has 260 valence electrons. The molecule has 0 bridgehead atoms. The van der Waals surface area contributed by atoms with Gasteiger partial charge in [0.2, 0.25) is 0 Å². The molecule has 4 aromatic rings. The summed E-state index contributed by atoms with van der Waals surface area (Å²) in [7, 11) is -8.39. The largest absolute Gasteiger partial charge is 0.481 e. The highest BCUT2D eigenvalue weighted by Gasteiger charge is 2.32. The minimum atomic E-state index is -4.67. The van der Waals surface area contributed by atoms with E-state index in [1.807, 2.05) is 4.72 Å². The number of thiazole rings is 2. The second-order valence-corrected chi connectivity index (χ2v) is 14.9. The number of carbonyl (C=O) groups is 2. The van der Waals surface area contributed by atoms with Crippen LogP contribution in [0.5, 0.6) is 0 Å². The molecule has 4 rings (SSSR count). The highest BCUT2D eigenvalue weighted by atomic mass is 32.2. The fraction of sp³-hybridized carbons (Fsp3) is 0.231. The SMILES string of the molecule is CCC(C(=O)O)c1cnc(NS(=O)(=O)c2ccc(C(F)(F)F)cc2)s1.O=C(O)Cc1cnc(NS(=O)(=O)c2cccc(C(F)(F)F)c2)s1. The van der Waals surface area contributed by atoms with Gasteiger partial charge < -0.3 is 10.2 Å². The number of aromatic nitrogens is 2. The van der Waals surface area contributed by atoms with Crippen molar-refractivity contribution in [1.29, 1.82) is 0 Å². The predicted molar refractivity (Wildman–Crippen MR) is 161 cm³/mol. The van der Waals surface area contributed by atoms with Gasteiger partial charge in [0.05, 0.1) is 33.3 Å². The number of carboxylic acids is 2. The molecule has 2 heterocycles. The van der Waals surface area contributed by atoms with E-state index in [0.29, 0.717) is 34.4 Å². The van der Waals surface area contributed by atoms with Crippen molar-refractivity contribution in [1.82, 2.24) is 9.97 Å². The summed E-state index contributed by atoms with van der Waals surface area (Å²) in [6.07, 6.45) is -6.81. The van der Waals surface area contributed by atoms with Crippen LogP contribution in [0.1, 0.15) is 40.1 Å². The van der Waals surface area contributed by atoms with E-state index in [1.165, 1.54) is 12.4 Å². The van der Waals surface area contributed by atoms with E-state index in [-0.39, 0.29) is 21.6 Å². The lowest BCUT2D eigenvalue weighted by Crippen LogP contribution is -2.14. The number of rotatable bonds is 11. The monoisotopic (exact) mass is 760 g/mol. The molecule has 22 heteroatoms. The van der Waals surface area contributed by atoms with Crippen LogP contribution < -0.4 is 9.44 Å². The fourth-order valence-corrected chi connectivity index (χ4v) is 7.91. The van der Waals surface area contributed by atoms with Crippen molar-refractivity contribution < 1.29 is 63.0 Å². The summed E-state index contributed by atoms with van der Waals surface area (Å²) in [6.45, 7) is 1.67. The van der Waals surface area contributed by atoms with E-state index in [1.54, 1.807) is 6.92 Å². The quantitative estimate of drug-likeness (QED) is 0.129. The Morgan fingerprint density at radius 2 is 1.33 bits per heavy atom. The Morgan fingerprint density at radius 1 is 0.792 bits per heavy atom. The molecule has 0 saturated carbocycles. The number of hydrogen-bond acceptors (Lipinski definition) is 10. The van der Waals surface area contributed by atoms with Crippen molar-refractivity contribution in [2.45, 2.75) is 47.8 Å². The minimum absolute atomic E-state index is 0.0606. The molecule has 2 aromatic carbocycles. The Balaban J connectivity index is 0.000000261. The summed E-state index contributed by atoms with van der Waals surface area (Å²) in [5.41, 5.74) is -2.05. The molecule has 0 spiro atoms. The number of aliphatic carboxylic acids is 2. The first-order chi connectivity index (χ1) is 22.1. The molecule has 0 amide bonds. The van der Waals surface area contributed by atoms with Crippen LogP contribution >= 0.6 is 22.7 Å². The van der Waals surface area contributed by atoms with E-state index in [4.69, 9.17) is 10.2 Å². The van der Waals surface area contributed by atoms with Gasteiger partial charge in [-0.05, 0) is 48.9 Å². The first-order valence-corrected chi connectivity index (χ1v) is 17.5. The van der Waals surface area contributed by atoms with Gasteiger partial charge >= 0.3 is 24.3 Å². The summed E-state index contributed by atoms with van der Waals surface area (Å²) < 4.78 is 128. The minimum Gasteiger partial charge on any atom is -0.481 e. The summed E-state index contributed by atoms with van der Waals surface area (Å²) in [5, 5.41) is 17.5. The smallest absolute Gasteiger partial charge is 0.416 e. The standard InChI is InChI=1S/C14H13F3N2O4S2.C12H9F3N2O4S2/c1-2-10(12(20)21)11-7-18-13(24-11)19-25(22,23)9-5-3-8(4-6-9)14(15,16)17;13-12(14,15)7-2-1-3-9(4-7)23(20,21)17-11-16-6-8(22-11)5-10(18)19/h3-7,10H,2H2,1H3,(H,18,19)(H,20,21);1-4,6H,5H2,(H,16,17)(H,18,19). The van der Waals surface area contributed by atoms with Crippen LogP contribution in [0.3, 0.4) is 0 Å². The first-order valence-electron chi connectivity index (χ1n) is 12.9. The van der Waals surface area contributed by atoms with Gasteiger partial charge in [-0.25, -0.2) is 26.8 Å². The lowest BCUT2D eigenvalue weighted by atomic mass is 10.1. The molecule has 2 aromatic heterocycles. The highest BCUT2D eigenvalue weighted by molar-refractivity contribution is 7.93. The van der Waals surface area contributed by atoms with E-state index in [9.17, 15) is 52.8 Å². The third kappa shape index (κ3) is 10.4. The highest BCUT2D eigenvalue weighted by Crippen LogP contribution is 2.33. The molecule has 0 aliphatic heterocycles. The number of benzene rings is 2. The van der Waals surface area contributed by atoms with Crippen molar-refractivity contribution in [2.24, 2.45) is 0 Å². The Morgan fingerprint density at radius 3 is 1.85 bits per heavy atom. The maximum atomic E-state index is 12.6. The van der Waals surface area contributed by atoms with Gasteiger partial charge in [-0.1, -0.05) is 13.0 Å². The summed E-state index contributed by atoms with van der Waals surface area (Å²) in [5.74, 6) is -2.97. The molecule has 0 radical (unpaired) electrons. The second-order valence-electron chi connectivity index (χ2n) is 9.33. The third-order valence-electron chi connectivity index (χ3n) is 5.86. The number of nitrogens with one attached hydrogen (secondary N) is 2. The van der Waals surface area contributed by atoms with Crippen molar-refractivity contribution in [3.63, 3.8) is 0 Å². The van der Waals surface area contributed by atoms with Crippen molar-refractivity contribution in [3.8, 4) is 0 Å². The van der Waals surface area contributed by atoms with E-state index < -0.39 is 66.3 Å². The van der Waals surface area contributed by atoms with Gasteiger partial charge in [-0.2, -0.15) is 26.3 Å². The van der Waals surface area contributed by atoms with Crippen molar-refractivity contribution in [3.05, 3.63) is 81.8 Å². The number of anilines is 2. The number of halogens is 6. The van der Waals surface area contributed by atoms with Gasteiger partial charge in [-0.3, -0.25) is 19.0 Å². The molecule has 0 saturated heterocycles. The lowest BCUT2D eigenvalue weighted by Gasteiger charge is -2.09. The van der Waals surface area contributed by atoms with Gasteiger partial charge in [0, 0.05) is 22.1 Å². The van der Waals surface area contributed by atoms with E-state index >= 15 is 0 Å². The van der Waals surface area contributed by atoms with Crippen LogP contribution in [0.25, 0.3) is 0 Å². The van der Waals surface area contributed by atoms with Crippen LogP contribution in [-0.4, -0.2) is 49.0 Å². The zero-order chi connectivity index (χ0) is 36.1. The maximum Gasteiger partial charge on any atom is 0.416 e. The molecule has 4 N–H and O–H groups in total. The summed E-state index contributed by atoms with van der Waals surface area (Å²) >= 11 is 1.65. The van der Waals surface area contributed by atoms with E-state index in [0.717, 1.165) is 53.0 Å². The van der Waals surface area contributed by atoms with Gasteiger partial charge in [-0.15, -0.1) is 22.7 Å². The summed E-state index contributed by atoms with van der Waals surface area (Å²) in [4.78, 5) is 28.9. The number of nitrogens with zero attached hydrogens (tertiary/aromatic N) is 2. The number of alkyl halides is 6. The van der Waals surface area contributed by atoms with Crippen LogP contribution in [0.2, 0.25) is 0 Å². The average Bonchev–Trinajstić information content (AvgIpc) is 3.61. The zero-order valence-electron chi connectivity index (χ0n) is 23.9. The molecular formula is C26H22F6N4O8S4. The molecular weight excluding hydrogens is 739 g/mol. The van der Waals surface area contributed by atoms with Crippen LogP contribution in [0.4, 0.5) is 36.6 Å². The first kappa shape index (κ1) is 38.2. The zero-order valence-corrected chi connectivity index (χ0v) is 27.2. The van der Waals surface area contributed by atoms with Crippen LogP contribution in [0.15, 0.2) is 70.7 Å². The predicted octanol–water partition coefficient (Wildman–Crippen LogP) is 6.13. The molecule has 12 nitrogen and oxygen atoms in total. The number of hydrogen-bond donors (Lipinski definition) is 4. The van der Waals surface area contributed by atoms with Crippen molar-refractivity contribution >= 4 is 64.9 Å². The average molecular weight is 761 g/mol. The second kappa shape index (κ2) is 14.9. The Kier molecular flexibility index (Phi) is 11.8. The fourth-order valence-electron chi connectivity index (χ4n) is 3.59. The van der Waals surface area contributed by atoms with E-state index in [2.05, 4.69) is 14.7 Å².